The number of nitrogens with one attached hydrogen (secondary N) is 1. The van der Waals surface area contributed by atoms with Crippen molar-refractivity contribution in [3.8, 4) is 5.75 Å². The smallest absolute Gasteiger partial charge is 0.410 e. The molecule has 1 N–H and O–H groups in total. The zero-order valence-corrected chi connectivity index (χ0v) is 13.2. The molecule has 0 aromatic heterocycles. The molecule has 1 amide bonds. The van der Waals surface area contributed by atoms with Crippen molar-refractivity contribution in [3.63, 3.8) is 0 Å². The summed E-state index contributed by atoms with van der Waals surface area (Å²) in [5, 5.41) is 13.3. The number of nitrogens with zero attached hydrogens (tertiary/aromatic N) is 1. The van der Waals surface area contributed by atoms with E-state index in [1.807, 2.05) is 32.9 Å². The quantitative estimate of drug-likeness (QED) is 0.658. The van der Waals surface area contributed by atoms with Gasteiger partial charge in [-0.1, -0.05) is 32.0 Å². The molecule has 0 spiro atoms. The number of nitro groups is 1. The summed E-state index contributed by atoms with van der Waals surface area (Å²) in [6.07, 6.45) is -0.682. The topological polar surface area (TPSA) is 81.5 Å². The summed E-state index contributed by atoms with van der Waals surface area (Å²) in [5.74, 6) is 0.694. The van der Waals surface area contributed by atoms with E-state index in [2.05, 4.69) is 5.32 Å². The lowest BCUT2D eigenvalue weighted by Crippen LogP contribution is -2.17. The molecule has 0 heterocycles. The Bertz CT molecular complexity index is 741. The van der Waals surface area contributed by atoms with Gasteiger partial charge in [0.2, 0.25) is 0 Å². The first-order valence-electron chi connectivity index (χ1n) is 7.20. The number of anilines is 1. The van der Waals surface area contributed by atoms with Crippen LogP contribution in [0.3, 0.4) is 0 Å². The molecule has 6 heteroatoms. The van der Waals surface area contributed by atoms with E-state index >= 15 is 0 Å². The number of rotatable bonds is 4. The summed E-state index contributed by atoms with van der Waals surface area (Å²) < 4.78 is 5.37. The zero-order valence-electron chi connectivity index (χ0n) is 13.2. The lowest BCUT2D eigenvalue weighted by molar-refractivity contribution is -0.384. The average Bonchev–Trinajstić information content (AvgIpc) is 2.47. The Morgan fingerprint density at radius 3 is 2.61 bits per heavy atom. The molecule has 120 valence electrons. The Hall–Kier alpha value is -2.89. The van der Waals surface area contributed by atoms with Crippen LogP contribution in [-0.4, -0.2) is 11.0 Å². The Kier molecular flexibility index (Phi) is 4.95. The molecule has 6 nitrogen and oxygen atoms in total. The van der Waals surface area contributed by atoms with Gasteiger partial charge in [0.1, 0.15) is 5.75 Å². The summed E-state index contributed by atoms with van der Waals surface area (Å²) in [5.41, 5.74) is 2.11. The van der Waals surface area contributed by atoms with Gasteiger partial charge in [-0.05, 0) is 36.1 Å². The van der Waals surface area contributed by atoms with Crippen molar-refractivity contribution in [1.29, 1.82) is 0 Å². The van der Waals surface area contributed by atoms with Gasteiger partial charge in [-0.25, -0.2) is 4.79 Å². The average molecular weight is 314 g/mol. The molecule has 2 aromatic carbocycles. The number of hydrogen-bond acceptors (Lipinski definition) is 4. The van der Waals surface area contributed by atoms with Crippen molar-refractivity contribution in [2.75, 3.05) is 5.32 Å². The van der Waals surface area contributed by atoms with Gasteiger partial charge in [-0.15, -0.1) is 0 Å². The van der Waals surface area contributed by atoms with Crippen molar-refractivity contribution < 1.29 is 14.5 Å². The Labute approximate surface area is 134 Å². The first kappa shape index (κ1) is 16.5. The van der Waals surface area contributed by atoms with Gasteiger partial charge in [-0.2, -0.15) is 0 Å². The van der Waals surface area contributed by atoms with Gasteiger partial charge < -0.3 is 4.74 Å². The summed E-state index contributed by atoms with van der Waals surface area (Å²) in [6, 6.07) is 11.4. The minimum absolute atomic E-state index is 0.0961. The predicted octanol–water partition coefficient (Wildman–Crippen LogP) is 4.64. The highest BCUT2D eigenvalue weighted by Crippen LogP contribution is 2.28. The maximum Gasteiger partial charge on any atom is 0.417 e. The highest BCUT2D eigenvalue weighted by Gasteiger charge is 2.13. The number of nitro benzene ring substituents is 1. The lowest BCUT2D eigenvalue weighted by atomic mass is 10.0. The Morgan fingerprint density at radius 1 is 1.22 bits per heavy atom. The fraction of sp³-hybridized carbons (Fsp3) is 0.235. The van der Waals surface area contributed by atoms with E-state index in [-0.39, 0.29) is 11.6 Å². The Balaban J connectivity index is 2.15. The first-order chi connectivity index (χ1) is 10.9. The van der Waals surface area contributed by atoms with E-state index in [9.17, 15) is 14.9 Å². The molecule has 0 atom stereocenters. The number of aryl methyl sites for hydroxylation is 1. The highest BCUT2D eigenvalue weighted by molar-refractivity contribution is 5.86. The number of benzene rings is 2. The van der Waals surface area contributed by atoms with E-state index in [0.29, 0.717) is 11.4 Å². The maximum absolute atomic E-state index is 12.0. The van der Waals surface area contributed by atoms with Gasteiger partial charge >= 0.3 is 6.09 Å². The minimum Gasteiger partial charge on any atom is -0.410 e. The van der Waals surface area contributed by atoms with Crippen LogP contribution in [0.2, 0.25) is 0 Å². The molecule has 0 aliphatic heterocycles. The second kappa shape index (κ2) is 6.91. The number of non-ortho nitro benzene ring substituents is 1. The maximum atomic E-state index is 12.0. The number of carbonyl (C=O) groups excluding carboxylic acids is 1. The van der Waals surface area contributed by atoms with Crippen LogP contribution >= 0.6 is 0 Å². The van der Waals surface area contributed by atoms with Crippen LogP contribution in [0.15, 0.2) is 42.5 Å². The van der Waals surface area contributed by atoms with Crippen molar-refractivity contribution in [1.82, 2.24) is 0 Å². The third-order valence-corrected chi connectivity index (χ3v) is 3.30. The molecule has 0 unspecified atom stereocenters. The summed E-state index contributed by atoms with van der Waals surface area (Å²) in [4.78, 5) is 22.3. The molecule has 0 saturated heterocycles. The van der Waals surface area contributed by atoms with Gasteiger partial charge in [0.05, 0.1) is 10.6 Å². The zero-order chi connectivity index (χ0) is 17.0. The molecule has 23 heavy (non-hydrogen) atoms. The van der Waals surface area contributed by atoms with Gasteiger partial charge in [0.25, 0.3) is 5.69 Å². The van der Waals surface area contributed by atoms with Crippen molar-refractivity contribution >= 4 is 17.5 Å². The summed E-state index contributed by atoms with van der Waals surface area (Å²) >= 11 is 0. The molecule has 0 aliphatic carbocycles. The molecular formula is C17H18N2O4. The Morgan fingerprint density at radius 2 is 1.96 bits per heavy atom. The van der Waals surface area contributed by atoms with Crippen LogP contribution < -0.4 is 10.1 Å². The fourth-order valence-electron chi connectivity index (χ4n) is 2.15. The monoisotopic (exact) mass is 314 g/mol. The molecule has 2 rings (SSSR count). The van der Waals surface area contributed by atoms with E-state index in [1.165, 1.54) is 18.2 Å². The fourth-order valence-corrected chi connectivity index (χ4v) is 2.15. The standard InChI is InChI=1S/C17H18N2O4/c1-11(2)15-8-7-12(3)9-16(15)23-17(20)18-13-5-4-6-14(10-13)19(21)22/h4-11H,1-3H3,(H,18,20). The molecular weight excluding hydrogens is 296 g/mol. The normalized spacial score (nSPS) is 10.4. The molecule has 0 aliphatic rings. The van der Waals surface area contributed by atoms with Crippen LogP contribution in [-0.2, 0) is 0 Å². The van der Waals surface area contributed by atoms with E-state index in [4.69, 9.17) is 4.74 Å². The van der Waals surface area contributed by atoms with Crippen LogP contribution in [0.5, 0.6) is 5.75 Å². The molecule has 0 bridgehead atoms. The second-order valence-electron chi connectivity index (χ2n) is 5.52. The minimum atomic E-state index is -0.682. The van der Waals surface area contributed by atoms with E-state index in [1.54, 1.807) is 12.1 Å². The SMILES string of the molecule is Cc1ccc(C(C)C)c(OC(=O)Nc2cccc([N+](=O)[O-])c2)c1. The largest absolute Gasteiger partial charge is 0.417 e. The molecule has 0 saturated carbocycles. The van der Waals surface area contributed by atoms with Crippen LogP contribution in [0.25, 0.3) is 0 Å². The predicted molar refractivity (Wildman–Crippen MR) is 88.0 cm³/mol. The second-order valence-corrected chi connectivity index (χ2v) is 5.52. The van der Waals surface area contributed by atoms with E-state index in [0.717, 1.165) is 11.1 Å². The first-order valence-corrected chi connectivity index (χ1v) is 7.20. The van der Waals surface area contributed by atoms with Gasteiger partial charge in [0.15, 0.2) is 0 Å². The van der Waals surface area contributed by atoms with Crippen molar-refractivity contribution in [2.24, 2.45) is 0 Å². The van der Waals surface area contributed by atoms with Crippen molar-refractivity contribution in [3.05, 3.63) is 63.7 Å². The number of amides is 1. The number of carbonyl (C=O) groups is 1. The van der Waals surface area contributed by atoms with Gasteiger partial charge in [0, 0.05) is 12.1 Å². The van der Waals surface area contributed by atoms with Gasteiger partial charge in [-0.3, -0.25) is 15.4 Å². The highest BCUT2D eigenvalue weighted by atomic mass is 16.6. The summed E-state index contributed by atoms with van der Waals surface area (Å²) in [6.45, 7) is 5.93. The molecule has 2 aromatic rings. The number of hydrogen-bond donors (Lipinski definition) is 1. The van der Waals surface area contributed by atoms with Crippen LogP contribution in [0.4, 0.5) is 16.2 Å². The van der Waals surface area contributed by atoms with Crippen LogP contribution in [0.1, 0.15) is 30.9 Å². The molecule has 0 radical (unpaired) electrons. The third kappa shape index (κ3) is 4.29. The third-order valence-electron chi connectivity index (χ3n) is 3.30. The van der Waals surface area contributed by atoms with E-state index < -0.39 is 11.0 Å². The summed E-state index contributed by atoms with van der Waals surface area (Å²) in [7, 11) is 0. The van der Waals surface area contributed by atoms with Crippen LogP contribution in [0, 0.1) is 17.0 Å². The lowest BCUT2D eigenvalue weighted by Gasteiger charge is -2.14. The van der Waals surface area contributed by atoms with Crippen molar-refractivity contribution in [2.45, 2.75) is 26.7 Å². The molecule has 0 fully saturated rings. The number of ether oxygens (including phenoxy) is 1.